The van der Waals surface area contributed by atoms with E-state index in [1.807, 2.05) is 0 Å². The minimum Gasteiger partial charge on any atom is -0.467 e. The van der Waals surface area contributed by atoms with E-state index >= 15 is 0 Å². The molecule has 0 saturated heterocycles. The number of azide groups is 1. The van der Waals surface area contributed by atoms with Gasteiger partial charge in [-0.05, 0) is 24.6 Å². The van der Waals surface area contributed by atoms with Crippen LogP contribution in [0, 0.1) is 0 Å². The van der Waals surface area contributed by atoms with Crippen LogP contribution in [0.15, 0.2) is 23.3 Å². The van der Waals surface area contributed by atoms with Gasteiger partial charge in [0.25, 0.3) is 5.91 Å². The number of amides is 1. The Morgan fingerprint density at radius 3 is 2.54 bits per heavy atom. The van der Waals surface area contributed by atoms with Crippen LogP contribution in [0.5, 0.6) is 5.75 Å². The number of rotatable bonds is 6. The first-order valence-electron chi connectivity index (χ1n) is 6.74. The molecule has 0 saturated carbocycles. The molecule has 10 nitrogen and oxygen atoms in total. The molecule has 2 unspecified atom stereocenters. The summed E-state index contributed by atoms with van der Waals surface area (Å²) in [5.41, 5.74) is 8.47. The highest BCUT2D eigenvalue weighted by Gasteiger charge is 2.28. The van der Waals surface area contributed by atoms with Gasteiger partial charge in [-0.15, -0.1) is 0 Å². The van der Waals surface area contributed by atoms with Gasteiger partial charge < -0.3 is 19.9 Å². The van der Waals surface area contributed by atoms with Gasteiger partial charge in [-0.25, -0.2) is 4.79 Å². The number of carbonyl (C=O) groups excluding carboxylic acids is 3. The van der Waals surface area contributed by atoms with Gasteiger partial charge in [0, 0.05) is 17.5 Å². The summed E-state index contributed by atoms with van der Waals surface area (Å²) in [6, 6.07) is 2.49. The first-order chi connectivity index (χ1) is 11.3. The highest BCUT2D eigenvalue weighted by molar-refractivity contribution is 6.00. The minimum atomic E-state index is -1.30. The fourth-order valence-corrected chi connectivity index (χ4v) is 1.77. The maximum atomic E-state index is 12.3. The second-order valence-electron chi connectivity index (χ2n) is 4.68. The number of carbonyl (C=O) groups is 3. The smallest absolute Gasteiger partial charge is 0.331 e. The number of nitrogens with zero attached hydrogens (tertiary/aromatic N) is 3. The number of nitrogens with one attached hydrogen (secondary N) is 1. The van der Waals surface area contributed by atoms with E-state index in [-0.39, 0.29) is 17.0 Å². The van der Waals surface area contributed by atoms with Crippen LogP contribution in [-0.2, 0) is 14.3 Å². The van der Waals surface area contributed by atoms with Gasteiger partial charge in [-0.2, -0.15) is 0 Å². The molecule has 0 heterocycles. The maximum Gasteiger partial charge on any atom is 0.331 e. The molecule has 0 fully saturated rings. The molecule has 0 aliphatic rings. The number of benzene rings is 1. The van der Waals surface area contributed by atoms with Crippen LogP contribution in [0.25, 0.3) is 10.4 Å². The Kier molecular flexibility index (Phi) is 6.72. The predicted molar refractivity (Wildman–Crippen MR) is 81.5 cm³/mol. The van der Waals surface area contributed by atoms with Crippen molar-refractivity contribution in [3.63, 3.8) is 0 Å². The summed E-state index contributed by atoms with van der Waals surface area (Å²) in [5, 5.41) is 15.2. The Balaban J connectivity index is 3.18. The number of hydrogen-bond acceptors (Lipinski definition) is 7. The SMILES string of the molecule is COC(=O)C(NC(=O)c1ccc(N=[N+]=[N-])cc1OC(C)=O)C(C)O. The summed E-state index contributed by atoms with van der Waals surface area (Å²) in [6.45, 7) is 2.44. The number of aliphatic hydroxyl groups is 1. The Morgan fingerprint density at radius 1 is 1.38 bits per heavy atom. The largest absolute Gasteiger partial charge is 0.467 e. The average Bonchev–Trinajstić information content (AvgIpc) is 2.51. The Hall–Kier alpha value is -3.10. The molecule has 0 aliphatic heterocycles. The molecule has 0 radical (unpaired) electrons. The third-order valence-electron chi connectivity index (χ3n) is 2.85. The number of hydrogen-bond donors (Lipinski definition) is 2. The molecule has 1 aromatic carbocycles. The Labute approximate surface area is 137 Å². The Morgan fingerprint density at radius 2 is 2.04 bits per heavy atom. The van der Waals surface area contributed by atoms with E-state index in [2.05, 4.69) is 20.1 Å². The average molecular weight is 336 g/mol. The summed E-state index contributed by atoms with van der Waals surface area (Å²) in [7, 11) is 1.11. The molecule has 2 N–H and O–H groups in total. The number of esters is 2. The molecule has 0 aliphatic carbocycles. The van der Waals surface area contributed by atoms with Crippen molar-refractivity contribution in [1.29, 1.82) is 0 Å². The topological polar surface area (TPSA) is 151 Å². The zero-order chi connectivity index (χ0) is 18.3. The van der Waals surface area contributed by atoms with Crippen molar-refractivity contribution >= 4 is 23.5 Å². The van der Waals surface area contributed by atoms with Crippen molar-refractivity contribution in [3.05, 3.63) is 34.2 Å². The van der Waals surface area contributed by atoms with Crippen LogP contribution in [-0.4, -0.2) is 42.2 Å². The van der Waals surface area contributed by atoms with E-state index in [1.54, 1.807) is 0 Å². The summed E-state index contributed by atoms with van der Waals surface area (Å²) < 4.78 is 9.42. The monoisotopic (exact) mass is 336 g/mol. The van der Waals surface area contributed by atoms with E-state index in [0.717, 1.165) is 14.0 Å². The maximum absolute atomic E-state index is 12.3. The van der Waals surface area contributed by atoms with E-state index in [4.69, 9.17) is 10.3 Å². The highest BCUT2D eigenvalue weighted by Crippen LogP contribution is 2.26. The fourth-order valence-electron chi connectivity index (χ4n) is 1.77. The molecular formula is C14H16N4O6. The molecule has 1 amide bonds. The van der Waals surface area contributed by atoms with Crippen LogP contribution in [0.4, 0.5) is 5.69 Å². The predicted octanol–water partition coefficient (Wildman–Crippen LogP) is 1.21. The zero-order valence-electron chi connectivity index (χ0n) is 13.2. The van der Waals surface area contributed by atoms with Crippen LogP contribution >= 0.6 is 0 Å². The fraction of sp³-hybridized carbons (Fsp3) is 0.357. The molecule has 0 bridgehead atoms. The first-order valence-corrected chi connectivity index (χ1v) is 6.74. The molecule has 1 rings (SSSR count). The van der Waals surface area contributed by atoms with Gasteiger partial charge in [0.05, 0.1) is 18.8 Å². The van der Waals surface area contributed by atoms with Crippen molar-refractivity contribution < 1.29 is 29.0 Å². The van der Waals surface area contributed by atoms with Crippen LogP contribution in [0.3, 0.4) is 0 Å². The molecule has 0 spiro atoms. The molecule has 1 aromatic rings. The van der Waals surface area contributed by atoms with Gasteiger partial charge in [0.2, 0.25) is 0 Å². The third-order valence-corrected chi connectivity index (χ3v) is 2.85. The summed E-state index contributed by atoms with van der Waals surface area (Å²) in [4.78, 5) is 37.7. The lowest BCUT2D eigenvalue weighted by Gasteiger charge is -2.19. The van der Waals surface area contributed by atoms with Crippen molar-refractivity contribution in [2.75, 3.05) is 7.11 Å². The van der Waals surface area contributed by atoms with E-state index in [0.29, 0.717) is 0 Å². The van der Waals surface area contributed by atoms with Crippen molar-refractivity contribution in [2.24, 2.45) is 5.11 Å². The summed E-state index contributed by atoms with van der Waals surface area (Å²) >= 11 is 0. The lowest BCUT2D eigenvalue weighted by atomic mass is 10.1. The van der Waals surface area contributed by atoms with E-state index in [1.165, 1.54) is 25.1 Å². The molecule has 24 heavy (non-hydrogen) atoms. The van der Waals surface area contributed by atoms with Gasteiger partial charge in [0.1, 0.15) is 5.75 Å². The van der Waals surface area contributed by atoms with Crippen LogP contribution < -0.4 is 10.1 Å². The normalized spacial score (nSPS) is 12.3. The Bertz CT molecular complexity index is 697. The van der Waals surface area contributed by atoms with Crippen molar-refractivity contribution in [1.82, 2.24) is 5.32 Å². The quantitative estimate of drug-likeness (QED) is 0.262. The van der Waals surface area contributed by atoms with Crippen LogP contribution in [0.1, 0.15) is 24.2 Å². The molecule has 0 aromatic heterocycles. The zero-order valence-corrected chi connectivity index (χ0v) is 13.2. The second-order valence-corrected chi connectivity index (χ2v) is 4.68. The van der Waals surface area contributed by atoms with Crippen molar-refractivity contribution in [3.8, 4) is 5.75 Å². The summed E-state index contributed by atoms with van der Waals surface area (Å²) in [5.74, 6) is -2.46. The number of ether oxygens (including phenoxy) is 2. The van der Waals surface area contributed by atoms with Gasteiger partial charge in [-0.3, -0.25) is 9.59 Å². The summed E-state index contributed by atoms with van der Waals surface area (Å²) in [6.07, 6.45) is -1.21. The van der Waals surface area contributed by atoms with Gasteiger partial charge in [-0.1, -0.05) is 11.2 Å². The number of methoxy groups -OCH3 is 1. The van der Waals surface area contributed by atoms with E-state index in [9.17, 15) is 19.5 Å². The van der Waals surface area contributed by atoms with Crippen LogP contribution in [0.2, 0.25) is 0 Å². The molecular weight excluding hydrogens is 320 g/mol. The lowest BCUT2D eigenvalue weighted by molar-refractivity contribution is -0.145. The second kappa shape index (κ2) is 8.51. The van der Waals surface area contributed by atoms with E-state index < -0.39 is 30.0 Å². The highest BCUT2D eigenvalue weighted by atomic mass is 16.5. The molecule has 128 valence electrons. The van der Waals surface area contributed by atoms with Gasteiger partial charge in [0.15, 0.2) is 6.04 Å². The van der Waals surface area contributed by atoms with Crippen molar-refractivity contribution in [2.45, 2.75) is 26.0 Å². The lowest BCUT2D eigenvalue weighted by Crippen LogP contribution is -2.48. The first kappa shape index (κ1) is 18.9. The molecule has 10 heteroatoms. The third kappa shape index (κ3) is 4.97. The minimum absolute atomic E-state index is 0.0864. The number of aliphatic hydroxyl groups excluding tert-OH is 1. The standard InChI is InChI=1S/C14H16N4O6/c1-7(19)12(14(22)23-3)16-13(21)10-5-4-9(17-18-15)6-11(10)24-8(2)20/h4-7,12,19H,1-3H3,(H,16,21). The van der Waals surface area contributed by atoms with Gasteiger partial charge >= 0.3 is 11.9 Å². The molecule has 2 atom stereocenters.